The van der Waals surface area contributed by atoms with Crippen LogP contribution in [-0.4, -0.2) is 29.8 Å². The molecule has 8 heteroatoms. The number of alkyl halides is 3. The Morgan fingerprint density at radius 3 is 2.53 bits per heavy atom. The fourth-order valence-corrected chi connectivity index (χ4v) is 4.64. The fourth-order valence-electron chi connectivity index (χ4n) is 3.68. The van der Waals surface area contributed by atoms with Gasteiger partial charge in [0.15, 0.2) is 0 Å². The standard InChI is InChI=1S/C24H26F4N2OS/c1-5-32-14-23(3,24(26,27)28)22(18-12-10-16(25)13-21(18)31-4)30-20-8-6-7-19-17(20)11-9-15(2)29-19/h6-13,22,30H,5,14H2,1-4H3/t22?,23-/m0/s1. The second-order valence-corrected chi connectivity index (χ2v) is 9.12. The molecule has 1 unspecified atom stereocenters. The maximum Gasteiger partial charge on any atom is 0.397 e. The van der Waals surface area contributed by atoms with Crippen molar-refractivity contribution in [3.05, 3.63) is 65.6 Å². The summed E-state index contributed by atoms with van der Waals surface area (Å²) < 4.78 is 62.9. The normalized spacial score (nSPS) is 14.8. The van der Waals surface area contributed by atoms with Gasteiger partial charge in [-0.25, -0.2) is 4.39 Å². The van der Waals surface area contributed by atoms with E-state index in [4.69, 9.17) is 4.74 Å². The summed E-state index contributed by atoms with van der Waals surface area (Å²) in [5.41, 5.74) is 0.0761. The summed E-state index contributed by atoms with van der Waals surface area (Å²) in [5, 5.41) is 3.84. The van der Waals surface area contributed by atoms with Gasteiger partial charge in [-0.15, -0.1) is 0 Å². The van der Waals surface area contributed by atoms with Gasteiger partial charge in [0.2, 0.25) is 0 Å². The molecular formula is C24H26F4N2OS. The molecule has 2 aromatic carbocycles. The molecule has 1 N–H and O–H groups in total. The zero-order valence-electron chi connectivity index (χ0n) is 18.4. The van der Waals surface area contributed by atoms with Crippen LogP contribution in [0.3, 0.4) is 0 Å². The average Bonchev–Trinajstić information content (AvgIpc) is 2.75. The van der Waals surface area contributed by atoms with E-state index in [0.717, 1.165) is 17.8 Å². The van der Waals surface area contributed by atoms with Crippen molar-refractivity contribution in [2.45, 2.75) is 33.0 Å². The summed E-state index contributed by atoms with van der Waals surface area (Å²) in [6.07, 6.45) is -4.54. The highest BCUT2D eigenvalue weighted by Crippen LogP contribution is 2.52. The number of nitrogens with one attached hydrogen (secondary N) is 1. The molecule has 32 heavy (non-hydrogen) atoms. The molecule has 0 aliphatic heterocycles. The van der Waals surface area contributed by atoms with Gasteiger partial charge in [-0.05, 0) is 49.9 Å². The number of hydrogen-bond donors (Lipinski definition) is 1. The van der Waals surface area contributed by atoms with Crippen LogP contribution in [0.15, 0.2) is 48.5 Å². The number of benzene rings is 2. The van der Waals surface area contributed by atoms with E-state index in [0.29, 0.717) is 22.3 Å². The van der Waals surface area contributed by atoms with Crippen LogP contribution >= 0.6 is 11.8 Å². The van der Waals surface area contributed by atoms with Crippen LogP contribution in [-0.2, 0) is 0 Å². The topological polar surface area (TPSA) is 34.2 Å². The number of methoxy groups -OCH3 is 1. The van der Waals surface area contributed by atoms with E-state index >= 15 is 0 Å². The van der Waals surface area contributed by atoms with Gasteiger partial charge in [0.1, 0.15) is 11.6 Å². The number of anilines is 1. The number of aryl methyl sites for hydroxylation is 1. The molecule has 172 valence electrons. The smallest absolute Gasteiger partial charge is 0.397 e. The Kier molecular flexibility index (Phi) is 7.22. The molecule has 3 nitrogen and oxygen atoms in total. The third-order valence-electron chi connectivity index (χ3n) is 5.57. The summed E-state index contributed by atoms with van der Waals surface area (Å²) in [7, 11) is 1.33. The van der Waals surface area contributed by atoms with Crippen molar-refractivity contribution >= 4 is 28.4 Å². The Morgan fingerprint density at radius 1 is 1.12 bits per heavy atom. The van der Waals surface area contributed by atoms with E-state index in [1.165, 1.54) is 31.9 Å². The molecule has 1 aromatic heterocycles. The number of nitrogens with zero attached hydrogens (tertiary/aromatic N) is 1. The Bertz CT molecular complexity index is 1090. The lowest BCUT2D eigenvalue weighted by atomic mass is 9.78. The number of ether oxygens (including phenoxy) is 1. The van der Waals surface area contributed by atoms with Crippen LogP contribution in [0, 0.1) is 18.2 Å². The van der Waals surface area contributed by atoms with E-state index in [2.05, 4.69) is 10.3 Å². The minimum Gasteiger partial charge on any atom is -0.496 e. The Morgan fingerprint density at radius 2 is 1.88 bits per heavy atom. The molecule has 0 saturated carbocycles. The van der Waals surface area contributed by atoms with Gasteiger partial charge in [-0.3, -0.25) is 4.98 Å². The number of rotatable bonds is 8. The van der Waals surface area contributed by atoms with Crippen molar-refractivity contribution in [1.82, 2.24) is 4.98 Å². The van der Waals surface area contributed by atoms with Gasteiger partial charge < -0.3 is 10.1 Å². The van der Waals surface area contributed by atoms with Crippen molar-refractivity contribution in [2.24, 2.45) is 5.41 Å². The Balaban J connectivity index is 2.22. The van der Waals surface area contributed by atoms with Crippen molar-refractivity contribution < 1.29 is 22.3 Å². The first-order valence-corrected chi connectivity index (χ1v) is 11.4. The Labute approximate surface area is 189 Å². The maximum atomic E-state index is 14.6. The molecule has 0 spiro atoms. The molecule has 0 amide bonds. The van der Waals surface area contributed by atoms with E-state index in [-0.39, 0.29) is 17.1 Å². The highest BCUT2D eigenvalue weighted by atomic mass is 32.2. The summed E-state index contributed by atoms with van der Waals surface area (Å²) in [5.74, 6) is -0.150. The monoisotopic (exact) mass is 466 g/mol. The van der Waals surface area contributed by atoms with E-state index in [9.17, 15) is 17.6 Å². The number of pyridine rings is 1. The minimum absolute atomic E-state index is 0.0636. The van der Waals surface area contributed by atoms with E-state index < -0.39 is 23.5 Å². The van der Waals surface area contributed by atoms with Crippen LogP contribution in [0.25, 0.3) is 10.9 Å². The number of fused-ring (bicyclic) bond motifs is 1. The summed E-state index contributed by atoms with van der Waals surface area (Å²) in [4.78, 5) is 4.48. The van der Waals surface area contributed by atoms with E-state index in [1.807, 2.05) is 32.0 Å². The molecule has 0 bridgehead atoms. The lowest BCUT2D eigenvalue weighted by Gasteiger charge is -2.40. The van der Waals surface area contributed by atoms with Gasteiger partial charge >= 0.3 is 6.18 Å². The number of halogens is 4. The zero-order valence-corrected chi connectivity index (χ0v) is 19.2. The minimum atomic E-state index is -4.54. The van der Waals surface area contributed by atoms with Gasteiger partial charge in [0, 0.05) is 34.2 Å². The average molecular weight is 467 g/mol. The quantitative estimate of drug-likeness (QED) is 0.357. The van der Waals surface area contributed by atoms with Crippen LogP contribution in [0.4, 0.5) is 23.2 Å². The molecular weight excluding hydrogens is 440 g/mol. The molecule has 0 aliphatic carbocycles. The number of aromatic nitrogens is 1. The fraction of sp³-hybridized carbons (Fsp3) is 0.375. The SMILES string of the molecule is CCSC[C@@](C)(C(Nc1cccc2nc(C)ccc12)c1ccc(F)cc1OC)C(F)(F)F. The zero-order chi connectivity index (χ0) is 23.5. The molecule has 0 radical (unpaired) electrons. The summed E-state index contributed by atoms with van der Waals surface area (Å²) >= 11 is 1.21. The second kappa shape index (κ2) is 9.57. The highest BCUT2D eigenvalue weighted by molar-refractivity contribution is 7.99. The van der Waals surface area contributed by atoms with Crippen LogP contribution in [0.2, 0.25) is 0 Å². The maximum absolute atomic E-state index is 14.6. The molecule has 0 fully saturated rings. The number of thioether (sulfide) groups is 1. The second-order valence-electron chi connectivity index (χ2n) is 7.84. The van der Waals surface area contributed by atoms with Crippen molar-refractivity contribution in [2.75, 3.05) is 23.9 Å². The van der Waals surface area contributed by atoms with Crippen molar-refractivity contribution in [3.63, 3.8) is 0 Å². The molecule has 2 atom stereocenters. The third kappa shape index (κ3) is 4.80. The summed E-state index contributed by atoms with van der Waals surface area (Å²) in [6.45, 7) is 4.87. The van der Waals surface area contributed by atoms with Gasteiger partial charge in [-0.1, -0.05) is 19.1 Å². The molecule has 0 saturated heterocycles. The van der Waals surface area contributed by atoms with Gasteiger partial charge in [0.05, 0.1) is 24.1 Å². The third-order valence-corrected chi connectivity index (χ3v) is 6.78. The summed E-state index contributed by atoms with van der Waals surface area (Å²) in [6, 6.07) is 11.3. The molecule has 0 aliphatic rings. The Hall–Kier alpha value is -2.48. The van der Waals surface area contributed by atoms with Gasteiger partial charge in [-0.2, -0.15) is 24.9 Å². The van der Waals surface area contributed by atoms with Crippen LogP contribution in [0.5, 0.6) is 5.75 Å². The first-order valence-electron chi connectivity index (χ1n) is 10.2. The predicted octanol–water partition coefficient (Wildman–Crippen LogP) is 7.17. The van der Waals surface area contributed by atoms with Crippen LogP contribution < -0.4 is 10.1 Å². The largest absolute Gasteiger partial charge is 0.496 e. The van der Waals surface area contributed by atoms with Gasteiger partial charge in [0.25, 0.3) is 0 Å². The predicted molar refractivity (Wildman–Crippen MR) is 123 cm³/mol. The van der Waals surface area contributed by atoms with Crippen molar-refractivity contribution in [1.29, 1.82) is 0 Å². The molecule has 3 rings (SSSR count). The molecule has 3 aromatic rings. The van der Waals surface area contributed by atoms with Crippen molar-refractivity contribution in [3.8, 4) is 5.75 Å². The molecule has 1 heterocycles. The lowest BCUT2D eigenvalue weighted by molar-refractivity contribution is -0.215. The highest BCUT2D eigenvalue weighted by Gasteiger charge is 2.56. The number of hydrogen-bond acceptors (Lipinski definition) is 4. The van der Waals surface area contributed by atoms with E-state index in [1.54, 1.807) is 12.1 Å². The first kappa shape index (κ1) is 24.2. The first-order chi connectivity index (χ1) is 15.1. The van der Waals surface area contributed by atoms with Crippen LogP contribution in [0.1, 0.15) is 31.1 Å². The lowest BCUT2D eigenvalue weighted by Crippen LogP contribution is -2.46.